The highest BCUT2D eigenvalue weighted by atomic mass is 127. The third-order valence-corrected chi connectivity index (χ3v) is 4.23. The first-order valence-electron chi connectivity index (χ1n) is 8.43. The molecule has 130 valence electrons. The largest absolute Gasteiger partial charge is 0.370 e. The lowest BCUT2D eigenvalue weighted by Crippen LogP contribution is -2.39. The van der Waals surface area contributed by atoms with Gasteiger partial charge in [0.2, 0.25) is 0 Å². The van der Waals surface area contributed by atoms with E-state index in [1.807, 2.05) is 0 Å². The Morgan fingerprint density at radius 3 is 2.35 bits per heavy atom. The van der Waals surface area contributed by atoms with Gasteiger partial charge in [-0.05, 0) is 38.1 Å². The molecule has 0 spiro atoms. The second-order valence-electron chi connectivity index (χ2n) is 6.54. The number of hydrogen-bond acceptors (Lipinski definition) is 2. The van der Waals surface area contributed by atoms with Crippen LogP contribution in [-0.2, 0) is 13.1 Å². The molecule has 1 fully saturated rings. The van der Waals surface area contributed by atoms with Crippen LogP contribution < -0.4 is 11.1 Å². The summed E-state index contributed by atoms with van der Waals surface area (Å²) in [6.07, 6.45) is 7.74. The van der Waals surface area contributed by atoms with E-state index in [4.69, 9.17) is 5.73 Å². The molecule has 0 unspecified atom stereocenters. The highest BCUT2D eigenvalue weighted by Gasteiger charge is 2.12. The van der Waals surface area contributed by atoms with E-state index in [1.165, 1.54) is 49.7 Å². The van der Waals surface area contributed by atoms with Gasteiger partial charge in [-0.25, -0.2) is 4.99 Å². The van der Waals surface area contributed by atoms with Crippen molar-refractivity contribution in [1.29, 1.82) is 0 Å². The van der Waals surface area contributed by atoms with Crippen LogP contribution in [0.3, 0.4) is 0 Å². The van der Waals surface area contributed by atoms with Crippen molar-refractivity contribution in [2.24, 2.45) is 10.7 Å². The van der Waals surface area contributed by atoms with Gasteiger partial charge in [0.1, 0.15) is 0 Å². The first kappa shape index (κ1) is 20.2. The zero-order chi connectivity index (χ0) is 15.8. The van der Waals surface area contributed by atoms with Crippen molar-refractivity contribution in [3.05, 3.63) is 35.4 Å². The highest BCUT2D eigenvalue weighted by Crippen LogP contribution is 2.17. The summed E-state index contributed by atoms with van der Waals surface area (Å²) in [7, 11) is 4.17. The standard InChI is InChI=1S/C18H30N4.HI/c1-22(2)14-16-10-8-7-9-15(16)13-20-18(19)21-17-11-5-3-4-6-12-17;/h7-10,17H,3-6,11-14H2,1-2H3,(H3,19,20,21);1H. The van der Waals surface area contributed by atoms with Gasteiger partial charge in [0.25, 0.3) is 0 Å². The molecule has 0 bridgehead atoms. The van der Waals surface area contributed by atoms with E-state index in [0.717, 1.165) is 6.54 Å². The number of nitrogens with zero attached hydrogens (tertiary/aromatic N) is 2. The lowest BCUT2D eigenvalue weighted by Gasteiger charge is -2.17. The van der Waals surface area contributed by atoms with Crippen molar-refractivity contribution >= 4 is 29.9 Å². The van der Waals surface area contributed by atoms with Gasteiger partial charge in [-0.15, -0.1) is 24.0 Å². The molecule has 0 aromatic heterocycles. The molecule has 4 nitrogen and oxygen atoms in total. The fourth-order valence-electron chi connectivity index (χ4n) is 3.06. The molecule has 23 heavy (non-hydrogen) atoms. The molecule has 0 heterocycles. The van der Waals surface area contributed by atoms with E-state index in [1.54, 1.807) is 0 Å². The summed E-state index contributed by atoms with van der Waals surface area (Å²) in [4.78, 5) is 6.73. The van der Waals surface area contributed by atoms with Crippen molar-refractivity contribution in [3.8, 4) is 0 Å². The number of nitrogens with one attached hydrogen (secondary N) is 1. The fraction of sp³-hybridized carbons (Fsp3) is 0.611. The Morgan fingerprint density at radius 2 is 1.74 bits per heavy atom. The van der Waals surface area contributed by atoms with E-state index < -0.39 is 0 Å². The average Bonchev–Trinajstić information content (AvgIpc) is 2.74. The van der Waals surface area contributed by atoms with Gasteiger partial charge in [-0.3, -0.25) is 0 Å². The molecule has 1 aliphatic carbocycles. The zero-order valence-corrected chi connectivity index (χ0v) is 16.8. The SMILES string of the molecule is CN(C)Cc1ccccc1CN=C(N)NC1CCCCCC1.I. The Bertz CT molecular complexity index is 480. The summed E-state index contributed by atoms with van der Waals surface area (Å²) in [6.45, 7) is 1.58. The van der Waals surface area contributed by atoms with Crippen LogP contribution in [0.4, 0.5) is 0 Å². The van der Waals surface area contributed by atoms with Gasteiger partial charge in [-0.2, -0.15) is 0 Å². The Labute approximate surface area is 157 Å². The van der Waals surface area contributed by atoms with Gasteiger partial charge < -0.3 is 16.0 Å². The highest BCUT2D eigenvalue weighted by molar-refractivity contribution is 14.0. The van der Waals surface area contributed by atoms with Crippen molar-refractivity contribution in [1.82, 2.24) is 10.2 Å². The molecule has 3 N–H and O–H groups in total. The predicted molar refractivity (Wildman–Crippen MR) is 109 cm³/mol. The number of hydrogen-bond donors (Lipinski definition) is 2. The monoisotopic (exact) mass is 430 g/mol. The minimum absolute atomic E-state index is 0. The maximum absolute atomic E-state index is 6.08. The molecule has 0 radical (unpaired) electrons. The molecule has 1 saturated carbocycles. The molecule has 2 rings (SSSR count). The Hall–Kier alpha value is -0.820. The molecular weight excluding hydrogens is 399 g/mol. The molecule has 0 atom stereocenters. The maximum atomic E-state index is 6.08. The van der Waals surface area contributed by atoms with Gasteiger partial charge in [0, 0.05) is 12.6 Å². The number of guanidine groups is 1. The number of nitrogens with two attached hydrogens (primary N) is 1. The first-order valence-corrected chi connectivity index (χ1v) is 8.43. The topological polar surface area (TPSA) is 53.6 Å². The summed E-state index contributed by atoms with van der Waals surface area (Å²) in [6, 6.07) is 8.96. The van der Waals surface area contributed by atoms with E-state index in [9.17, 15) is 0 Å². The van der Waals surface area contributed by atoms with Crippen LogP contribution in [0.2, 0.25) is 0 Å². The number of benzene rings is 1. The summed E-state index contributed by atoms with van der Waals surface area (Å²) in [5.74, 6) is 0.589. The van der Waals surface area contributed by atoms with Crippen molar-refractivity contribution in [2.75, 3.05) is 14.1 Å². The van der Waals surface area contributed by atoms with Crippen LogP contribution in [0.1, 0.15) is 49.7 Å². The molecule has 1 aliphatic rings. The molecule has 1 aromatic carbocycles. The Kier molecular flexibility index (Phi) is 9.55. The van der Waals surface area contributed by atoms with Crippen LogP contribution in [0.25, 0.3) is 0 Å². The van der Waals surface area contributed by atoms with Crippen LogP contribution in [0.5, 0.6) is 0 Å². The summed E-state index contributed by atoms with van der Waals surface area (Å²) >= 11 is 0. The van der Waals surface area contributed by atoms with Crippen LogP contribution >= 0.6 is 24.0 Å². The second-order valence-corrected chi connectivity index (χ2v) is 6.54. The molecule has 1 aromatic rings. The maximum Gasteiger partial charge on any atom is 0.189 e. The second kappa shape index (κ2) is 10.9. The van der Waals surface area contributed by atoms with Crippen molar-refractivity contribution in [2.45, 2.75) is 57.7 Å². The van der Waals surface area contributed by atoms with Crippen LogP contribution in [0.15, 0.2) is 29.3 Å². The minimum Gasteiger partial charge on any atom is -0.370 e. The van der Waals surface area contributed by atoms with E-state index in [2.05, 4.69) is 53.6 Å². The smallest absolute Gasteiger partial charge is 0.189 e. The third kappa shape index (κ3) is 7.52. The lowest BCUT2D eigenvalue weighted by atomic mass is 10.1. The normalized spacial score (nSPS) is 16.7. The predicted octanol–water partition coefficient (Wildman–Crippen LogP) is 3.49. The van der Waals surface area contributed by atoms with E-state index in [-0.39, 0.29) is 24.0 Å². The molecule has 0 amide bonds. The van der Waals surface area contributed by atoms with E-state index in [0.29, 0.717) is 18.5 Å². The Balaban J connectivity index is 0.00000264. The first-order chi connectivity index (χ1) is 10.6. The van der Waals surface area contributed by atoms with Crippen LogP contribution in [0, 0.1) is 0 Å². The van der Waals surface area contributed by atoms with Crippen molar-refractivity contribution < 1.29 is 0 Å². The Morgan fingerprint density at radius 1 is 1.13 bits per heavy atom. The summed E-state index contributed by atoms with van der Waals surface area (Å²) in [5, 5.41) is 3.41. The number of aliphatic imine (C=N–C) groups is 1. The molecular formula is C18H31IN4. The molecule has 5 heteroatoms. The fourth-order valence-corrected chi connectivity index (χ4v) is 3.06. The average molecular weight is 430 g/mol. The van der Waals surface area contributed by atoms with Crippen molar-refractivity contribution in [3.63, 3.8) is 0 Å². The third-order valence-electron chi connectivity index (χ3n) is 4.23. The van der Waals surface area contributed by atoms with Gasteiger partial charge in [-0.1, -0.05) is 49.9 Å². The van der Waals surface area contributed by atoms with E-state index >= 15 is 0 Å². The summed E-state index contributed by atoms with van der Waals surface area (Å²) in [5.41, 5.74) is 8.65. The quantitative estimate of drug-likeness (QED) is 0.326. The number of halogens is 1. The molecule has 0 saturated heterocycles. The van der Waals surface area contributed by atoms with Gasteiger partial charge in [0.15, 0.2) is 5.96 Å². The number of rotatable bonds is 5. The zero-order valence-electron chi connectivity index (χ0n) is 14.4. The van der Waals surface area contributed by atoms with Gasteiger partial charge in [0.05, 0.1) is 6.54 Å². The summed E-state index contributed by atoms with van der Waals surface area (Å²) < 4.78 is 0. The minimum atomic E-state index is 0. The lowest BCUT2D eigenvalue weighted by molar-refractivity contribution is 0.401. The van der Waals surface area contributed by atoms with Gasteiger partial charge >= 0.3 is 0 Å². The molecule has 0 aliphatic heterocycles. The van der Waals surface area contributed by atoms with Crippen LogP contribution in [-0.4, -0.2) is 31.0 Å².